The summed E-state index contributed by atoms with van der Waals surface area (Å²) in [5.41, 5.74) is 6.14. The van der Waals surface area contributed by atoms with Gasteiger partial charge in [-0.3, -0.25) is 0 Å². The maximum atomic E-state index is 11.2. The first-order valence-electron chi connectivity index (χ1n) is 8.02. The molecule has 0 spiro atoms. The van der Waals surface area contributed by atoms with Crippen molar-refractivity contribution in [1.82, 2.24) is 0 Å². The molecule has 0 aliphatic heterocycles. The highest BCUT2D eigenvalue weighted by molar-refractivity contribution is 9.11. The van der Waals surface area contributed by atoms with E-state index >= 15 is 0 Å². The molecule has 1 aliphatic rings. The number of rotatable bonds is 3. The predicted octanol–water partition coefficient (Wildman–Crippen LogP) is 5.36. The molecule has 3 rings (SSSR count). The van der Waals surface area contributed by atoms with Gasteiger partial charge >= 0.3 is 5.97 Å². The molecule has 122 valence electrons. The second-order valence-electron chi connectivity index (χ2n) is 5.77. The Hall–Kier alpha value is -2.13. The monoisotopic (exact) mass is 382 g/mol. The van der Waals surface area contributed by atoms with Crippen LogP contribution in [0.4, 0.5) is 0 Å². The minimum atomic E-state index is -0.345. The summed E-state index contributed by atoms with van der Waals surface area (Å²) in [5, 5.41) is 0. The van der Waals surface area contributed by atoms with Gasteiger partial charge in [0.1, 0.15) is 0 Å². The van der Waals surface area contributed by atoms with Crippen LogP contribution < -0.4 is 0 Å². The van der Waals surface area contributed by atoms with Crippen molar-refractivity contribution in [1.29, 1.82) is 0 Å². The Morgan fingerprint density at radius 1 is 1.08 bits per heavy atom. The normalized spacial score (nSPS) is 14.4. The summed E-state index contributed by atoms with van der Waals surface area (Å²) in [6.45, 7) is 0. The van der Waals surface area contributed by atoms with E-state index in [2.05, 4.69) is 57.1 Å². The smallest absolute Gasteiger partial charge is 0.330 e. The van der Waals surface area contributed by atoms with Crippen molar-refractivity contribution in [2.75, 3.05) is 7.11 Å². The molecule has 0 aromatic heterocycles. The first kappa shape index (κ1) is 16.7. The van der Waals surface area contributed by atoms with Crippen LogP contribution in [0.25, 0.3) is 11.6 Å². The standard InChI is InChI=1S/C21H19BrO2/c1-24-20(23)14-11-15-9-12-17(13-10-15)21-18-7-3-2-5-16(18)6-4-8-19(21)22/h2-3,5,7,9-14H,4,6,8H2,1H3. The van der Waals surface area contributed by atoms with E-state index in [4.69, 9.17) is 0 Å². The number of allylic oxidation sites excluding steroid dienone is 1. The molecule has 0 saturated carbocycles. The molecule has 0 N–H and O–H groups in total. The third kappa shape index (κ3) is 3.68. The Bertz CT molecular complexity index is 801. The van der Waals surface area contributed by atoms with E-state index in [-0.39, 0.29) is 5.97 Å². The SMILES string of the molecule is COC(=O)C=Cc1ccc(C2=C(Br)CCCc3ccccc32)cc1. The number of benzene rings is 2. The Morgan fingerprint density at radius 3 is 2.58 bits per heavy atom. The van der Waals surface area contributed by atoms with Gasteiger partial charge in [-0.2, -0.15) is 0 Å². The van der Waals surface area contributed by atoms with Crippen LogP contribution in [-0.2, 0) is 16.0 Å². The summed E-state index contributed by atoms with van der Waals surface area (Å²) in [6.07, 6.45) is 6.51. The molecule has 1 aliphatic carbocycles. The van der Waals surface area contributed by atoms with Gasteiger partial charge in [0.2, 0.25) is 0 Å². The summed E-state index contributed by atoms with van der Waals surface area (Å²) < 4.78 is 5.87. The molecule has 0 saturated heterocycles. The number of aryl methyl sites for hydroxylation is 1. The third-order valence-electron chi connectivity index (χ3n) is 4.21. The fourth-order valence-electron chi connectivity index (χ4n) is 2.99. The molecule has 0 radical (unpaired) electrons. The average molecular weight is 383 g/mol. The fraction of sp³-hybridized carbons (Fsp3) is 0.190. The maximum absolute atomic E-state index is 11.2. The van der Waals surface area contributed by atoms with Crippen molar-refractivity contribution in [3.8, 4) is 0 Å². The van der Waals surface area contributed by atoms with Crippen molar-refractivity contribution in [3.63, 3.8) is 0 Å². The van der Waals surface area contributed by atoms with Gasteiger partial charge in [0.15, 0.2) is 0 Å². The van der Waals surface area contributed by atoms with Gasteiger partial charge in [-0.25, -0.2) is 4.79 Å². The Morgan fingerprint density at radius 2 is 1.83 bits per heavy atom. The van der Waals surface area contributed by atoms with Gasteiger partial charge in [0.05, 0.1) is 7.11 Å². The zero-order valence-corrected chi connectivity index (χ0v) is 15.2. The van der Waals surface area contributed by atoms with Crippen molar-refractivity contribution in [2.45, 2.75) is 19.3 Å². The van der Waals surface area contributed by atoms with Crippen molar-refractivity contribution < 1.29 is 9.53 Å². The lowest BCUT2D eigenvalue weighted by Gasteiger charge is -2.13. The Kier molecular flexibility index (Phi) is 5.31. The number of ether oxygens (including phenoxy) is 1. The highest BCUT2D eigenvalue weighted by Crippen LogP contribution is 2.37. The number of carbonyl (C=O) groups is 1. The summed E-state index contributed by atoms with van der Waals surface area (Å²) >= 11 is 3.79. The minimum absolute atomic E-state index is 0.345. The maximum Gasteiger partial charge on any atom is 0.330 e. The number of methoxy groups -OCH3 is 1. The molecular weight excluding hydrogens is 364 g/mol. The molecule has 2 aromatic rings. The Labute approximate surface area is 151 Å². The lowest BCUT2D eigenvalue weighted by Crippen LogP contribution is -1.94. The summed E-state index contributed by atoms with van der Waals surface area (Å²) in [7, 11) is 1.38. The van der Waals surface area contributed by atoms with E-state index in [9.17, 15) is 4.79 Å². The number of carbonyl (C=O) groups excluding carboxylic acids is 1. The van der Waals surface area contributed by atoms with E-state index in [1.165, 1.54) is 39.9 Å². The first-order chi connectivity index (χ1) is 11.7. The van der Waals surface area contributed by atoms with Crippen LogP contribution in [0.2, 0.25) is 0 Å². The fourth-order valence-corrected chi connectivity index (χ4v) is 3.72. The molecule has 24 heavy (non-hydrogen) atoms. The van der Waals surface area contributed by atoms with Crippen LogP contribution in [0.1, 0.15) is 35.1 Å². The molecular formula is C21H19BrO2. The van der Waals surface area contributed by atoms with Gasteiger partial charge in [-0.15, -0.1) is 0 Å². The van der Waals surface area contributed by atoms with Crippen molar-refractivity contribution >= 4 is 33.5 Å². The number of hydrogen-bond acceptors (Lipinski definition) is 2. The van der Waals surface area contributed by atoms with Crippen molar-refractivity contribution in [2.24, 2.45) is 0 Å². The van der Waals surface area contributed by atoms with Crippen LogP contribution in [0, 0.1) is 0 Å². The predicted molar refractivity (Wildman–Crippen MR) is 102 cm³/mol. The molecule has 2 aromatic carbocycles. The number of esters is 1. The molecule has 0 unspecified atom stereocenters. The van der Waals surface area contributed by atoms with Crippen LogP contribution in [0.3, 0.4) is 0 Å². The quantitative estimate of drug-likeness (QED) is 0.527. The van der Waals surface area contributed by atoms with E-state index < -0.39 is 0 Å². The van der Waals surface area contributed by atoms with E-state index in [0.29, 0.717) is 0 Å². The summed E-state index contributed by atoms with van der Waals surface area (Å²) in [5.74, 6) is -0.345. The van der Waals surface area contributed by atoms with Gasteiger partial charge in [0, 0.05) is 10.6 Å². The molecule has 2 nitrogen and oxygen atoms in total. The Balaban J connectivity index is 1.96. The van der Waals surface area contributed by atoms with E-state index in [0.717, 1.165) is 24.8 Å². The van der Waals surface area contributed by atoms with Crippen LogP contribution in [0.15, 0.2) is 59.1 Å². The van der Waals surface area contributed by atoms with Crippen LogP contribution in [-0.4, -0.2) is 13.1 Å². The lowest BCUT2D eigenvalue weighted by molar-refractivity contribution is -0.134. The largest absolute Gasteiger partial charge is 0.466 e. The average Bonchev–Trinajstić information content (AvgIpc) is 2.78. The minimum Gasteiger partial charge on any atom is -0.466 e. The zero-order valence-electron chi connectivity index (χ0n) is 13.6. The van der Waals surface area contributed by atoms with Gasteiger partial charge in [-0.05, 0) is 53.2 Å². The van der Waals surface area contributed by atoms with Crippen LogP contribution >= 0.6 is 15.9 Å². The van der Waals surface area contributed by atoms with Crippen LogP contribution in [0.5, 0.6) is 0 Å². The number of hydrogen-bond donors (Lipinski definition) is 0. The van der Waals surface area contributed by atoms with Gasteiger partial charge < -0.3 is 4.74 Å². The molecule has 0 heterocycles. The van der Waals surface area contributed by atoms with Gasteiger partial charge in [-0.1, -0.05) is 64.5 Å². The summed E-state index contributed by atoms with van der Waals surface area (Å²) in [6, 6.07) is 16.9. The molecule has 3 heteroatoms. The van der Waals surface area contributed by atoms with Crippen molar-refractivity contribution in [3.05, 3.63) is 81.3 Å². The molecule has 0 bridgehead atoms. The zero-order chi connectivity index (χ0) is 16.9. The summed E-state index contributed by atoms with van der Waals surface area (Å²) in [4.78, 5) is 11.2. The molecule has 0 atom stereocenters. The highest BCUT2D eigenvalue weighted by Gasteiger charge is 2.16. The highest BCUT2D eigenvalue weighted by atomic mass is 79.9. The number of fused-ring (bicyclic) bond motifs is 1. The molecule has 0 amide bonds. The molecule has 0 fully saturated rings. The second-order valence-corrected chi connectivity index (χ2v) is 6.73. The van der Waals surface area contributed by atoms with E-state index in [1.54, 1.807) is 6.08 Å². The second kappa shape index (κ2) is 7.63. The van der Waals surface area contributed by atoms with Gasteiger partial charge in [0.25, 0.3) is 0 Å². The third-order valence-corrected chi connectivity index (χ3v) is 5.01. The first-order valence-corrected chi connectivity index (χ1v) is 8.81. The number of halogens is 1. The van der Waals surface area contributed by atoms with E-state index in [1.807, 2.05) is 12.1 Å². The lowest BCUT2D eigenvalue weighted by atomic mass is 9.93. The topological polar surface area (TPSA) is 26.3 Å².